The molecule has 180 valence electrons. The molecule has 8 heteroatoms. The number of rotatable bonds is 6. The summed E-state index contributed by atoms with van der Waals surface area (Å²) in [7, 11) is 0. The van der Waals surface area contributed by atoms with Gasteiger partial charge in [-0.25, -0.2) is 9.59 Å². The first kappa shape index (κ1) is 23.4. The lowest BCUT2D eigenvalue weighted by atomic mass is 9.91. The summed E-state index contributed by atoms with van der Waals surface area (Å²) in [6.07, 6.45) is 1.80. The van der Waals surface area contributed by atoms with Gasteiger partial charge in [0, 0.05) is 22.6 Å². The summed E-state index contributed by atoms with van der Waals surface area (Å²) >= 11 is -1.14. The van der Waals surface area contributed by atoms with E-state index in [0.29, 0.717) is 29.4 Å². The number of fused-ring (bicyclic) bond motifs is 2. The van der Waals surface area contributed by atoms with E-state index in [4.69, 9.17) is 9.47 Å². The van der Waals surface area contributed by atoms with Crippen molar-refractivity contribution in [2.24, 2.45) is 5.92 Å². The third-order valence-electron chi connectivity index (χ3n) is 7.58. The molecular weight excluding hydrogens is 454 g/mol. The van der Waals surface area contributed by atoms with Crippen molar-refractivity contribution in [2.75, 3.05) is 25.4 Å². The molecule has 0 aliphatic carbocycles. The van der Waals surface area contributed by atoms with Gasteiger partial charge in [-0.2, -0.15) is 0 Å². The molecule has 7 nitrogen and oxygen atoms in total. The number of hydrogen-bond acceptors (Lipinski definition) is 7. The molecule has 0 radical (unpaired) electrons. The molecule has 34 heavy (non-hydrogen) atoms. The van der Waals surface area contributed by atoms with Crippen LogP contribution in [0.4, 0.5) is 0 Å². The topological polar surface area (TPSA) is 99.1 Å². The van der Waals surface area contributed by atoms with Gasteiger partial charge in [0.15, 0.2) is 4.90 Å². The summed E-state index contributed by atoms with van der Waals surface area (Å²) in [5, 5.41) is 10.2. The third-order valence-corrected chi connectivity index (χ3v) is 9.29. The van der Waals surface area contributed by atoms with E-state index in [-0.39, 0.29) is 31.2 Å². The minimum Gasteiger partial charge on any atom is -0.611 e. The molecule has 0 spiro atoms. The van der Waals surface area contributed by atoms with Gasteiger partial charge in [-0.1, -0.05) is 6.07 Å². The second-order valence-electron chi connectivity index (χ2n) is 9.36. The monoisotopic (exact) mass is 483 g/mol. The van der Waals surface area contributed by atoms with Gasteiger partial charge >= 0.3 is 11.9 Å². The van der Waals surface area contributed by atoms with Crippen LogP contribution in [0.25, 0.3) is 0 Å². The predicted octanol–water partition coefficient (Wildman–Crippen LogP) is 3.20. The van der Waals surface area contributed by atoms with E-state index in [1.165, 1.54) is 0 Å². The van der Waals surface area contributed by atoms with Crippen molar-refractivity contribution in [1.82, 2.24) is 4.90 Å². The Hall–Kier alpha value is -2.39. The molecule has 5 rings (SSSR count). The van der Waals surface area contributed by atoms with Crippen LogP contribution in [0.1, 0.15) is 67.4 Å². The Morgan fingerprint density at radius 1 is 1.00 bits per heavy atom. The van der Waals surface area contributed by atoms with Gasteiger partial charge in [-0.15, -0.1) is 0 Å². The number of hydrogen-bond donors (Lipinski definition) is 1. The molecule has 2 aromatic rings. The molecule has 3 aliphatic heterocycles. The van der Waals surface area contributed by atoms with E-state index in [2.05, 4.69) is 4.90 Å². The fraction of sp³-hybridized carbons (Fsp3) is 0.462. The average Bonchev–Trinajstić information content (AvgIpc) is 3.40. The quantitative estimate of drug-likeness (QED) is 0.498. The molecule has 3 heterocycles. The van der Waals surface area contributed by atoms with Crippen LogP contribution in [0.3, 0.4) is 0 Å². The first-order valence-electron chi connectivity index (χ1n) is 11.7. The number of aliphatic hydroxyl groups excluding tert-OH is 1. The first-order chi connectivity index (χ1) is 16.4. The van der Waals surface area contributed by atoms with Gasteiger partial charge in [0.1, 0.15) is 19.0 Å². The molecule has 0 bridgehead atoms. The van der Waals surface area contributed by atoms with Crippen molar-refractivity contribution in [3.05, 3.63) is 63.2 Å². The number of carbonyl (C=O) groups excluding carboxylic acids is 2. The van der Waals surface area contributed by atoms with Crippen LogP contribution >= 0.6 is 0 Å². The van der Waals surface area contributed by atoms with E-state index in [1.54, 1.807) is 12.1 Å². The summed E-state index contributed by atoms with van der Waals surface area (Å²) in [6, 6.07) is 7.15. The van der Waals surface area contributed by atoms with Crippen molar-refractivity contribution in [3.8, 4) is 0 Å². The fourth-order valence-corrected chi connectivity index (χ4v) is 7.07. The van der Waals surface area contributed by atoms with Crippen molar-refractivity contribution < 1.29 is 28.7 Å². The average molecular weight is 484 g/mol. The van der Waals surface area contributed by atoms with Crippen LogP contribution in [0.15, 0.2) is 29.2 Å². The number of cyclic esters (lactones) is 2. The number of aliphatic hydroxyl groups is 1. The number of esters is 2. The Balaban J connectivity index is 1.24. The van der Waals surface area contributed by atoms with Crippen LogP contribution in [0, 0.1) is 19.8 Å². The van der Waals surface area contributed by atoms with E-state index in [1.807, 2.05) is 26.0 Å². The largest absolute Gasteiger partial charge is 0.611 e. The maximum absolute atomic E-state index is 13.2. The Kier molecular flexibility index (Phi) is 6.41. The minimum atomic E-state index is -1.14. The summed E-state index contributed by atoms with van der Waals surface area (Å²) in [4.78, 5) is 26.7. The van der Waals surface area contributed by atoms with Gasteiger partial charge in [0.05, 0.1) is 23.8 Å². The highest BCUT2D eigenvalue weighted by molar-refractivity contribution is 7.91. The van der Waals surface area contributed by atoms with E-state index < -0.39 is 11.2 Å². The highest BCUT2D eigenvalue weighted by Crippen LogP contribution is 2.35. The molecular formula is C26H29NO6S. The van der Waals surface area contributed by atoms with E-state index in [0.717, 1.165) is 58.6 Å². The maximum Gasteiger partial charge on any atom is 0.338 e. The zero-order valence-corrected chi connectivity index (χ0v) is 20.3. The van der Waals surface area contributed by atoms with Crippen molar-refractivity contribution in [2.45, 2.75) is 50.8 Å². The predicted molar refractivity (Wildman–Crippen MR) is 126 cm³/mol. The lowest BCUT2D eigenvalue weighted by molar-refractivity contribution is 0.0526. The zero-order chi connectivity index (χ0) is 24.0. The van der Waals surface area contributed by atoms with Crippen LogP contribution in [-0.2, 0) is 33.9 Å². The summed E-state index contributed by atoms with van der Waals surface area (Å²) in [5.74, 6) is 0.327. The van der Waals surface area contributed by atoms with Gasteiger partial charge in [-0.05, 0) is 80.3 Å². The SMILES string of the molecule is Cc1c(C(CO)N2CCC(C[S+]([O-])c3ccc4c(c3C)COC4=O)CC2)ccc2c1COC2=O. The summed E-state index contributed by atoms with van der Waals surface area (Å²) in [5.41, 5.74) is 5.92. The lowest BCUT2D eigenvalue weighted by Gasteiger charge is -2.37. The molecule has 3 aliphatic rings. The van der Waals surface area contributed by atoms with E-state index >= 15 is 0 Å². The Morgan fingerprint density at radius 2 is 1.59 bits per heavy atom. The first-order valence-corrected chi connectivity index (χ1v) is 13.0. The molecule has 0 saturated carbocycles. The van der Waals surface area contributed by atoms with Gasteiger partial charge in [0.25, 0.3) is 0 Å². The van der Waals surface area contributed by atoms with Gasteiger partial charge in [-0.3, -0.25) is 4.90 Å². The number of piperidine rings is 1. The highest BCUT2D eigenvalue weighted by Gasteiger charge is 2.33. The third kappa shape index (κ3) is 4.02. The number of nitrogens with zero attached hydrogens (tertiary/aromatic N) is 1. The Bertz CT molecular complexity index is 1140. The molecule has 1 fully saturated rings. The molecule has 2 unspecified atom stereocenters. The van der Waals surface area contributed by atoms with Crippen LogP contribution in [0.2, 0.25) is 0 Å². The number of carbonyl (C=O) groups is 2. The van der Waals surface area contributed by atoms with Crippen molar-refractivity contribution in [1.29, 1.82) is 0 Å². The molecule has 2 aromatic carbocycles. The second-order valence-corrected chi connectivity index (χ2v) is 10.8. The molecule has 1 saturated heterocycles. The maximum atomic E-state index is 13.2. The van der Waals surface area contributed by atoms with Crippen molar-refractivity contribution >= 4 is 23.1 Å². The van der Waals surface area contributed by atoms with E-state index in [9.17, 15) is 19.2 Å². The Labute approximate surface area is 202 Å². The molecule has 0 amide bonds. The number of ether oxygens (including phenoxy) is 2. The number of likely N-dealkylation sites (tertiary alicyclic amines) is 1. The molecule has 2 atom stereocenters. The summed E-state index contributed by atoms with van der Waals surface area (Å²) < 4.78 is 23.5. The number of benzene rings is 2. The van der Waals surface area contributed by atoms with Gasteiger partial charge < -0.3 is 19.1 Å². The fourth-order valence-electron chi connectivity index (χ4n) is 5.45. The second kappa shape index (κ2) is 9.34. The Morgan fingerprint density at radius 3 is 2.21 bits per heavy atom. The summed E-state index contributed by atoms with van der Waals surface area (Å²) in [6.45, 7) is 6.08. The highest BCUT2D eigenvalue weighted by atomic mass is 32.2. The normalized spacial score (nSPS) is 20.0. The van der Waals surface area contributed by atoms with Gasteiger partial charge in [0.2, 0.25) is 0 Å². The van der Waals surface area contributed by atoms with Crippen molar-refractivity contribution in [3.63, 3.8) is 0 Å². The minimum absolute atomic E-state index is 0.000138. The molecule has 0 aromatic heterocycles. The molecule has 1 N–H and O–H groups in total. The smallest absolute Gasteiger partial charge is 0.338 e. The van der Waals surface area contributed by atoms with Crippen LogP contribution in [0.5, 0.6) is 0 Å². The zero-order valence-electron chi connectivity index (χ0n) is 19.5. The lowest BCUT2D eigenvalue weighted by Crippen LogP contribution is -2.40. The standard InChI is InChI=1S/C26H29NO6S/c1-15-18(3-4-19-21(15)12-32-25(19)29)23(11-28)27-9-7-17(8-10-27)14-34(31)24-6-5-20-22(16(24)2)13-33-26(20)30/h3-6,17,23,28H,7-14H2,1-2H3. The van der Waals surface area contributed by atoms with Crippen LogP contribution in [-0.4, -0.2) is 51.9 Å². The van der Waals surface area contributed by atoms with Crippen LogP contribution < -0.4 is 0 Å².